The fourth-order valence-corrected chi connectivity index (χ4v) is 2.50. The van der Waals surface area contributed by atoms with Gasteiger partial charge in [-0.15, -0.1) is 0 Å². The standard InChI is InChI=1S/C19H16ClN3O3/c1-2-26-16-8-6-14(7-9-16)21-19(25)18-17(24)10-11-23(22-18)15-5-3-4-13(20)12-15/h3-12H,2H2,1H3,(H,21,25). The number of carbonyl (C=O) groups excluding carboxylic acids is 1. The Hall–Kier alpha value is -3.12. The summed E-state index contributed by atoms with van der Waals surface area (Å²) >= 11 is 5.98. The monoisotopic (exact) mass is 369 g/mol. The van der Waals surface area contributed by atoms with Gasteiger partial charge in [-0.3, -0.25) is 9.59 Å². The maximum absolute atomic E-state index is 12.5. The molecule has 1 aromatic heterocycles. The summed E-state index contributed by atoms with van der Waals surface area (Å²) in [7, 11) is 0. The van der Waals surface area contributed by atoms with E-state index in [1.54, 1.807) is 48.5 Å². The van der Waals surface area contributed by atoms with Gasteiger partial charge >= 0.3 is 0 Å². The number of anilines is 1. The average molecular weight is 370 g/mol. The first-order valence-corrected chi connectivity index (χ1v) is 8.35. The van der Waals surface area contributed by atoms with Gasteiger partial charge in [-0.1, -0.05) is 17.7 Å². The van der Waals surface area contributed by atoms with Gasteiger partial charge < -0.3 is 10.1 Å². The summed E-state index contributed by atoms with van der Waals surface area (Å²) in [6.07, 6.45) is 1.49. The van der Waals surface area contributed by atoms with E-state index in [1.807, 2.05) is 6.92 Å². The van der Waals surface area contributed by atoms with Crippen LogP contribution in [-0.2, 0) is 0 Å². The van der Waals surface area contributed by atoms with E-state index in [-0.39, 0.29) is 5.69 Å². The van der Waals surface area contributed by atoms with Crippen LogP contribution in [0.5, 0.6) is 5.75 Å². The fourth-order valence-electron chi connectivity index (χ4n) is 2.32. The number of halogens is 1. The highest BCUT2D eigenvalue weighted by Gasteiger charge is 2.14. The van der Waals surface area contributed by atoms with Crippen LogP contribution in [0.1, 0.15) is 17.4 Å². The van der Waals surface area contributed by atoms with Crippen LogP contribution < -0.4 is 15.5 Å². The van der Waals surface area contributed by atoms with Gasteiger partial charge in [-0.05, 0) is 49.4 Å². The minimum Gasteiger partial charge on any atom is -0.494 e. The maximum Gasteiger partial charge on any atom is 0.280 e. The van der Waals surface area contributed by atoms with Crippen molar-refractivity contribution < 1.29 is 9.53 Å². The van der Waals surface area contributed by atoms with E-state index >= 15 is 0 Å². The Kier molecular flexibility index (Phi) is 5.34. The number of hydrogen-bond acceptors (Lipinski definition) is 4. The van der Waals surface area contributed by atoms with Gasteiger partial charge in [0.05, 0.1) is 12.3 Å². The van der Waals surface area contributed by atoms with Crippen LogP contribution in [0.4, 0.5) is 5.69 Å². The molecule has 1 N–H and O–H groups in total. The summed E-state index contributed by atoms with van der Waals surface area (Å²) in [6.45, 7) is 2.45. The van der Waals surface area contributed by atoms with Crippen LogP contribution in [0.3, 0.4) is 0 Å². The predicted octanol–water partition coefficient (Wildman–Crippen LogP) is 3.54. The Bertz CT molecular complexity index is 984. The molecular formula is C19H16ClN3O3. The zero-order chi connectivity index (χ0) is 18.5. The first-order valence-electron chi connectivity index (χ1n) is 7.97. The van der Waals surface area contributed by atoms with E-state index in [1.165, 1.54) is 16.9 Å². The maximum atomic E-state index is 12.5. The molecule has 0 spiro atoms. The molecular weight excluding hydrogens is 354 g/mol. The molecule has 3 aromatic rings. The second kappa shape index (κ2) is 7.84. The molecule has 0 aliphatic heterocycles. The molecule has 0 saturated carbocycles. The third kappa shape index (κ3) is 4.10. The number of carbonyl (C=O) groups is 1. The Morgan fingerprint density at radius 2 is 1.96 bits per heavy atom. The number of nitrogens with one attached hydrogen (secondary N) is 1. The summed E-state index contributed by atoms with van der Waals surface area (Å²) in [5.74, 6) is 0.113. The van der Waals surface area contributed by atoms with Crippen molar-refractivity contribution in [2.75, 3.05) is 11.9 Å². The van der Waals surface area contributed by atoms with Crippen LogP contribution in [0.25, 0.3) is 5.69 Å². The molecule has 6 nitrogen and oxygen atoms in total. The molecule has 7 heteroatoms. The molecule has 0 aliphatic rings. The van der Waals surface area contributed by atoms with E-state index in [9.17, 15) is 9.59 Å². The summed E-state index contributed by atoms with van der Waals surface area (Å²) in [6, 6.07) is 15.1. The van der Waals surface area contributed by atoms with Crippen LogP contribution in [-0.4, -0.2) is 22.3 Å². The van der Waals surface area contributed by atoms with E-state index in [2.05, 4.69) is 10.4 Å². The molecule has 0 radical (unpaired) electrons. The van der Waals surface area contributed by atoms with Gasteiger partial charge in [0, 0.05) is 23.0 Å². The fraction of sp³-hybridized carbons (Fsp3) is 0.105. The van der Waals surface area contributed by atoms with Crippen LogP contribution >= 0.6 is 11.6 Å². The van der Waals surface area contributed by atoms with Crippen molar-refractivity contribution in [2.45, 2.75) is 6.92 Å². The van der Waals surface area contributed by atoms with Gasteiger partial charge in [-0.25, -0.2) is 4.68 Å². The summed E-state index contributed by atoms with van der Waals surface area (Å²) < 4.78 is 6.79. The second-order valence-corrected chi connectivity index (χ2v) is 5.80. The number of nitrogens with zero attached hydrogens (tertiary/aromatic N) is 2. The molecule has 1 heterocycles. The largest absolute Gasteiger partial charge is 0.494 e. The normalized spacial score (nSPS) is 10.4. The third-order valence-corrected chi connectivity index (χ3v) is 3.75. The van der Waals surface area contributed by atoms with Gasteiger partial charge in [-0.2, -0.15) is 5.10 Å². The first kappa shape index (κ1) is 17.7. The SMILES string of the molecule is CCOc1ccc(NC(=O)c2nn(-c3cccc(Cl)c3)ccc2=O)cc1. The Morgan fingerprint density at radius 1 is 1.19 bits per heavy atom. The Balaban J connectivity index is 1.85. The lowest BCUT2D eigenvalue weighted by atomic mass is 10.2. The van der Waals surface area contributed by atoms with Crippen molar-refractivity contribution in [1.29, 1.82) is 0 Å². The Labute approximate surface area is 155 Å². The minimum atomic E-state index is -0.587. The number of aromatic nitrogens is 2. The van der Waals surface area contributed by atoms with Crippen LogP contribution in [0.15, 0.2) is 65.6 Å². The first-order chi connectivity index (χ1) is 12.6. The van der Waals surface area contributed by atoms with Crippen molar-refractivity contribution in [1.82, 2.24) is 9.78 Å². The highest BCUT2D eigenvalue weighted by atomic mass is 35.5. The molecule has 0 aliphatic carbocycles. The lowest BCUT2D eigenvalue weighted by molar-refractivity contribution is 0.101. The number of ether oxygens (including phenoxy) is 1. The molecule has 2 aromatic carbocycles. The number of hydrogen-bond donors (Lipinski definition) is 1. The molecule has 0 fully saturated rings. The second-order valence-electron chi connectivity index (χ2n) is 5.36. The van der Waals surface area contributed by atoms with Gasteiger partial charge in [0.1, 0.15) is 5.75 Å². The quantitative estimate of drug-likeness (QED) is 0.746. The predicted molar refractivity (Wildman–Crippen MR) is 100 cm³/mol. The lowest BCUT2D eigenvalue weighted by Gasteiger charge is -2.09. The van der Waals surface area contributed by atoms with Crippen molar-refractivity contribution in [3.63, 3.8) is 0 Å². The zero-order valence-corrected chi connectivity index (χ0v) is 14.7. The van der Waals surface area contributed by atoms with Crippen molar-refractivity contribution in [3.05, 3.63) is 81.7 Å². The summed E-state index contributed by atoms with van der Waals surface area (Å²) in [4.78, 5) is 24.5. The van der Waals surface area contributed by atoms with E-state index < -0.39 is 11.3 Å². The average Bonchev–Trinajstić information content (AvgIpc) is 2.64. The highest BCUT2D eigenvalue weighted by Crippen LogP contribution is 2.16. The van der Waals surface area contributed by atoms with E-state index in [0.29, 0.717) is 28.8 Å². The van der Waals surface area contributed by atoms with Crippen molar-refractivity contribution in [2.24, 2.45) is 0 Å². The van der Waals surface area contributed by atoms with Crippen LogP contribution in [0, 0.1) is 0 Å². The van der Waals surface area contributed by atoms with Crippen molar-refractivity contribution >= 4 is 23.2 Å². The lowest BCUT2D eigenvalue weighted by Crippen LogP contribution is -2.25. The van der Waals surface area contributed by atoms with Crippen molar-refractivity contribution in [3.8, 4) is 11.4 Å². The zero-order valence-electron chi connectivity index (χ0n) is 14.0. The third-order valence-electron chi connectivity index (χ3n) is 3.52. The van der Waals surface area contributed by atoms with Crippen LogP contribution in [0.2, 0.25) is 5.02 Å². The number of amides is 1. The molecule has 0 atom stereocenters. The molecule has 3 rings (SSSR count). The summed E-state index contributed by atoms with van der Waals surface area (Å²) in [5.41, 5.74) is 0.513. The van der Waals surface area contributed by atoms with E-state index in [0.717, 1.165) is 0 Å². The molecule has 0 unspecified atom stereocenters. The van der Waals surface area contributed by atoms with Gasteiger partial charge in [0.15, 0.2) is 5.69 Å². The summed E-state index contributed by atoms with van der Waals surface area (Å²) in [5, 5.41) is 7.33. The minimum absolute atomic E-state index is 0.207. The van der Waals surface area contributed by atoms with Gasteiger partial charge in [0.2, 0.25) is 5.43 Å². The molecule has 1 amide bonds. The molecule has 0 bridgehead atoms. The molecule has 132 valence electrons. The Morgan fingerprint density at radius 3 is 2.65 bits per heavy atom. The smallest absolute Gasteiger partial charge is 0.280 e. The van der Waals surface area contributed by atoms with E-state index in [4.69, 9.17) is 16.3 Å². The highest BCUT2D eigenvalue weighted by molar-refractivity contribution is 6.30. The number of benzene rings is 2. The van der Waals surface area contributed by atoms with Gasteiger partial charge in [0.25, 0.3) is 5.91 Å². The molecule has 0 saturated heterocycles. The molecule has 26 heavy (non-hydrogen) atoms. The number of rotatable bonds is 5. The topological polar surface area (TPSA) is 73.2 Å².